The number of thioether (sulfide) groups is 1. The van der Waals surface area contributed by atoms with Crippen LogP contribution < -0.4 is 10.6 Å². The van der Waals surface area contributed by atoms with Crippen molar-refractivity contribution in [2.75, 3.05) is 38.6 Å². The van der Waals surface area contributed by atoms with Gasteiger partial charge in [-0.15, -0.1) is 0 Å². The van der Waals surface area contributed by atoms with Crippen LogP contribution in [0.25, 0.3) is 0 Å². The van der Waals surface area contributed by atoms with Crippen LogP contribution in [-0.4, -0.2) is 82.6 Å². The maximum atomic E-state index is 13.5. The Kier molecular flexibility index (Phi) is 11.2. The van der Waals surface area contributed by atoms with E-state index in [-0.39, 0.29) is 35.5 Å². The van der Waals surface area contributed by atoms with E-state index in [4.69, 9.17) is 9.26 Å². The Morgan fingerprint density at radius 1 is 1.15 bits per heavy atom. The van der Waals surface area contributed by atoms with Gasteiger partial charge < -0.3 is 25.0 Å². The highest BCUT2D eigenvalue weighted by Gasteiger charge is 2.35. The van der Waals surface area contributed by atoms with Gasteiger partial charge in [0.2, 0.25) is 11.7 Å². The molecule has 3 N–H and O–H groups in total. The van der Waals surface area contributed by atoms with Gasteiger partial charge in [-0.2, -0.15) is 4.98 Å². The molecule has 2 heterocycles. The van der Waals surface area contributed by atoms with Crippen molar-refractivity contribution in [2.45, 2.75) is 69.4 Å². The molecule has 10 nitrogen and oxygen atoms in total. The zero-order chi connectivity index (χ0) is 27.6. The van der Waals surface area contributed by atoms with E-state index in [9.17, 15) is 14.7 Å². The van der Waals surface area contributed by atoms with Crippen LogP contribution in [0.3, 0.4) is 0 Å². The fourth-order valence-corrected chi connectivity index (χ4v) is 5.96. The number of aromatic nitrogens is 2. The number of hydrogen-bond acceptors (Lipinski definition) is 9. The van der Waals surface area contributed by atoms with Crippen molar-refractivity contribution >= 4 is 23.6 Å². The van der Waals surface area contributed by atoms with Gasteiger partial charge >= 0.3 is 0 Å². The summed E-state index contributed by atoms with van der Waals surface area (Å²) >= 11 is 1.46. The molecular formula is C28H41N5O5S. The Bertz CT molecular complexity index is 1050. The van der Waals surface area contributed by atoms with Gasteiger partial charge in [0.05, 0.1) is 25.2 Å². The summed E-state index contributed by atoms with van der Waals surface area (Å²) in [5, 5.41) is 21.7. The number of carbonyl (C=O) groups excluding carboxylic acids is 2. The topological polar surface area (TPSA) is 130 Å². The van der Waals surface area contributed by atoms with Crippen LogP contribution in [0, 0.1) is 11.8 Å². The van der Waals surface area contributed by atoms with E-state index in [0.717, 1.165) is 57.9 Å². The number of hydrogen-bond donors (Lipinski definition) is 3. The number of benzene rings is 1. The van der Waals surface area contributed by atoms with Crippen LogP contribution in [0.5, 0.6) is 0 Å². The monoisotopic (exact) mass is 559 g/mol. The molecule has 1 aliphatic carbocycles. The molecule has 4 rings (SSSR count). The molecule has 1 unspecified atom stereocenters. The van der Waals surface area contributed by atoms with Crippen LogP contribution in [0.2, 0.25) is 0 Å². The molecule has 1 aromatic carbocycles. The summed E-state index contributed by atoms with van der Waals surface area (Å²) in [6.45, 7) is 8.32. The normalized spacial score (nSPS) is 21.8. The molecule has 0 bridgehead atoms. The van der Waals surface area contributed by atoms with Crippen molar-refractivity contribution in [3.8, 4) is 0 Å². The second-order valence-corrected chi connectivity index (χ2v) is 11.8. The first-order valence-corrected chi connectivity index (χ1v) is 15.0. The summed E-state index contributed by atoms with van der Waals surface area (Å²) < 4.78 is 10.8. The Labute approximate surface area is 234 Å². The minimum absolute atomic E-state index is 0.165. The van der Waals surface area contributed by atoms with Crippen molar-refractivity contribution < 1.29 is 24.0 Å². The number of carbonyl (C=O) groups is 2. The second-order valence-electron chi connectivity index (χ2n) is 10.7. The molecule has 2 aromatic rings. The predicted molar refractivity (Wildman–Crippen MR) is 148 cm³/mol. The number of aliphatic hydroxyl groups excluding tert-OH is 1. The predicted octanol–water partition coefficient (Wildman–Crippen LogP) is 3.05. The molecule has 214 valence electrons. The highest BCUT2D eigenvalue weighted by atomic mass is 32.2. The standard InChI is InChI=1S/C28H41N5O5S/c1-19(2)18-23(24(34)25-31-28(38-32-25)39-17-14-33-12-15-37-16-13-33)30-27(36)21-10-6-7-11-22(21)29-26(35)20-8-4-3-5-9-20/h3-5,8-9,19,21-24,34H,6-7,10-18H2,1-2H3,(H,29,35)(H,30,36)/t21-,22+,23+,24?/m1/s1. The molecule has 1 aromatic heterocycles. The van der Waals surface area contributed by atoms with E-state index in [0.29, 0.717) is 23.6 Å². The van der Waals surface area contributed by atoms with Gasteiger partial charge in [-0.3, -0.25) is 14.5 Å². The van der Waals surface area contributed by atoms with Gasteiger partial charge in [0, 0.05) is 37.0 Å². The van der Waals surface area contributed by atoms with E-state index in [2.05, 4.69) is 25.7 Å². The summed E-state index contributed by atoms with van der Waals surface area (Å²) in [5.41, 5.74) is 0.575. The Balaban J connectivity index is 1.35. The smallest absolute Gasteiger partial charge is 0.285 e. The highest BCUT2D eigenvalue weighted by molar-refractivity contribution is 7.99. The van der Waals surface area contributed by atoms with Gasteiger partial charge in [0.1, 0.15) is 6.10 Å². The summed E-state index contributed by atoms with van der Waals surface area (Å²) in [6.07, 6.45) is 2.75. The summed E-state index contributed by atoms with van der Waals surface area (Å²) in [4.78, 5) is 33.0. The number of rotatable bonds is 12. The van der Waals surface area contributed by atoms with Gasteiger partial charge in [0.25, 0.3) is 11.1 Å². The maximum Gasteiger partial charge on any atom is 0.285 e. The lowest BCUT2D eigenvalue weighted by molar-refractivity contribution is -0.128. The minimum Gasteiger partial charge on any atom is -0.383 e. The largest absolute Gasteiger partial charge is 0.383 e. The Morgan fingerprint density at radius 2 is 1.90 bits per heavy atom. The molecule has 1 aliphatic heterocycles. The summed E-state index contributed by atoms with van der Waals surface area (Å²) in [7, 11) is 0. The Morgan fingerprint density at radius 3 is 2.64 bits per heavy atom. The average Bonchev–Trinajstić information content (AvgIpc) is 3.42. The van der Waals surface area contributed by atoms with Crippen molar-refractivity contribution in [1.29, 1.82) is 0 Å². The average molecular weight is 560 g/mol. The lowest BCUT2D eigenvalue weighted by Crippen LogP contribution is -2.51. The quantitative estimate of drug-likeness (QED) is 0.336. The van der Waals surface area contributed by atoms with Crippen LogP contribution in [0.15, 0.2) is 40.1 Å². The first-order valence-electron chi connectivity index (χ1n) is 14.0. The summed E-state index contributed by atoms with van der Waals surface area (Å²) in [5.74, 6) is 0.476. The molecule has 4 atom stereocenters. The van der Waals surface area contributed by atoms with Gasteiger partial charge in [-0.25, -0.2) is 0 Å². The molecule has 0 spiro atoms. The third-order valence-corrected chi connectivity index (χ3v) is 8.11. The fraction of sp³-hybridized carbons (Fsp3) is 0.643. The second kappa shape index (κ2) is 14.8. The van der Waals surface area contributed by atoms with E-state index >= 15 is 0 Å². The zero-order valence-electron chi connectivity index (χ0n) is 22.9. The third kappa shape index (κ3) is 8.76. The number of amides is 2. The molecule has 2 aliphatic rings. The van der Waals surface area contributed by atoms with Crippen molar-refractivity contribution in [3.05, 3.63) is 41.7 Å². The minimum atomic E-state index is -1.10. The summed E-state index contributed by atoms with van der Waals surface area (Å²) in [6, 6.07) is 8.21. The van der Waals surface area contributed by atoms with Crippen LogP contribution in [-0.2, 0) is 9.53 Å². The van der Waals surface area contributed by atoms with Crippen LogP contribution >= 0.6 is 11.8 Å². The van der Waals surface area contributed by atoms with Crippen molar-refractivity contribution in [3.63, 3.8) is 0 Å². The van der Waals surface area contributed by atoms with E-state index in [1.807, 2.05) is 32.0 Å². The fourth-order valence-electron chi connectivity index (χ4n) is 5.19. The molecule has 0 radical (unpaired) electrons. The SMILES string of the molecule is CC(C)C[C@H](NC(=O)[C@@H]1CCCC[C@@H]1NC(=O)c1ccccc1)C(O)c1noc(SCCN2CCOCC2)n1. The first-order chi connectivity index (χ1) is 18.9. The number of nitrogens with zero attached hydrogens (tertiary/aromatic N) is 3. The highest BCUT2D eigenvalue weighted by Crippen LogP contribution is 2.28. The lowest BCUT2D eigenvalue weighted by atomic mass is 9.83. The van der Waals surface area contributed by atoms with E-state index in [1.165, 1.54) is 11.8 Å². The van der Waals surface area contributed by atoms with Gasteiger partial charge in [-0.05, 0) is 37.3 Å². The van der Waals surface area contributed by atoms with Crippen molar-refractivity contribution in [2.24, 2.45) is 11.8 Å². The van der Waals surface area contributed by atoms with E-state index in [1.54, 1.807) is 12.1 Å². The van der Waals surface area contributed by atoms with Gasteiger partial charge in [-0.1, -0.05) is 61.8 Å². The number of morpholine rings is 1. The van der Waals surface area contributed by atoms with Crippen LogP contribution in [0.1, 0.15) is 68.2 Å². The molecule has 2 amide bonds. The first kappa shape index (κ1) is 29.5. The molecule has 11 heteroatoms. The maximum absolute atomic E-state index is 13.5. The number of aliphatic hydroxyl groups is 1. The molecular weight excluding hydrogens is 518 g/mol. The third-order valence-electron chi connectivity index (χ3n) is 7.31. The molecule has 1 saturated carbocycles. The zero-order valence-corrected chi connectivity index (χ0v) is 23.7. The lowest BCUT2D eigenvalue weighted by Gasteiger charge is -2.33. The van der Waals surface area contributed by atoms with Crippen LogP contribution in [0.4, 0.5) is 0 Å². The van der Waals surface area contributed by atoms with Gasteiger partial charge in [0.15, 0.2) is 0 Å². The number of nitrogens with one attached hydrogen (secondary N) is 2. The molecule has 39 heavy (non-hydrogen) atoms. The molecule has 1 saturated heterocycles. The number of ether oxygens (including phenoxy) is 1. The van der Waals surface area contributed by atoms with E-state index < -0.39 is 12.1 Å². The Hall–Kier alpha value is -2.47. The van der Waals surface area contributed by atoms with Crippen molar-refractivity contribution in [1.82, 2.24) is 25.7 Å². The molecule has 2 fully saturated rings.